The van der Waals surface area contributed by atoms with Crippen molar-refractivity contribution in [3.05, 3.63) is 25.3 Å². The van der Waals surface area contributed by atoms with E-state index < -0.39 is 0 Å². The molecule has 154 valence electrons. The first kappa shape index (κ1) is 23.5. The van der Waals surface area contributed by atoms with Crippen molar-refractivity contribution in [2.45, 2.75) is 59.8 Å². The monoisotopic (exact) mass is 378 g/mol. The minimum absolute atomic E-state index is 0.335. The van der Waals surface area contributed by atoms with Gasteiger partial charge in [-0.2, -0.15) is 0 Å². The summed E-state index contributed by atoms with van der Waals surface area (Å²) in [6.07, 6.45) is 8.26. The van der Waals surface area contributed by atoms with Gasteiger partial charge in [-0.1, -0.05) is 47.3 Å². The van der Waals surface area contributed by atoms with E-state index in [9.17, 15) is 9.59 Å². The molecule has 1 aliphatic carbocycles. The molecule has 0 saturated heterocycles. The molecule has 0 amide bonds. The van der Waals surface area contributed by atoms with Crippen molar-refractivity contribution in [2.75, 3.05) is 13.2 Å². The summed E-state index contributed by atoms with van der Waals surface area (Å²) in [6.45, 7) is 16.8. The standard InChI is InChI=1S/C23H38O4/c1-7-20-19(12-17(5)15-27-23(25)9-3)13-18(6)21(20)11-10-16(4)14-26-22(24)8-2/h8-9,16-21H,2-3,7,10-15H2,1,4-6H3. The van der Waals surface area contributed by atoms with Crippen LogP contribution >= 0.6 is 0 Å². The van der Waals surface area contributed by atoms with Gasteiger partial charge in [0.2, 0.25) is 0 Å². The van der Waals surface area contributed by atoms with Crippen LogP contribution in [0.5, 0.6) is 0 Å². The highest BCUT2D eigenvalue weighted by Gasteiger charge is 2.39. The lowest BCUT2D eigenvalue weighted by Crippen LogP contribution is -2.21. The highest BCUT2D eigenvalue weighted by atomic mass is 16.5. The minimum Gasteiger partial charge on any atom is -0.462 e. The molecule has 0 heterocycles. The quantitative estimate of drug-likeness (QED) is 0.346. The average Bonchev–Trinajstić information content (AvgIpc) is 2.95. The first-order valence-electron chi connectivity index (χ1n) is 10.4. The van der Waals surface area contributed by atoms with E-state index in [0.717, 1.165) is 24.7 Å². The Bertz CT molecular complexity index is 499. The maximum atomic E-state index is 11.3. The fourth-order valence-electron chi connectivity index (χ4n) is 4.72. The Labute approximate surface area is 165 Å². The van der Waals surface area contributed by atoms with Crippen LogP contribution in [0.15, 0.2) is 25.3 Å². The van der Waals surface area contributed by atoms with Crippen LogP contribution < -0.4 is 0 Å². The Morgan fingerprint density at radius 3 is 2.11 bits per heavy atom. The third-order valence-electron chi connectivity index (χ3n) is 6.08. The van der Waals surface area contributed by atoms with Gasteiger partial charge in [0.1, 0.15) is 0 Å². The molecule has 0 aromatic rings. The highest BCUT2D eigenvalue weighted by Crippen LogP contribution is 2.48. The van der Waals surface area contributed by atoms with Crippen molar-refractivity contribution in [3.8, 4) is 0 Å². The van der Waals surface area contributed by atoms with Crippen LogP contribution in [-0.2, 0) is 19.1 Å². The van der Waals surface area contributed by atoms with Gasteiger partial charge in [-0.15, -0.1) is 0 Å². The van der Waals surface area contributed by atoms with E-state index in [1.165, 1.54) is 31.4 Å². The number of carbonyl (C=O) groups is 2. The van der Waals surface area contributed by atoms with E-state index in [4.69, 9.17) is 9.47 Å². The first-order chi connectivity index (χ1) is 12.8. The van der Waals surface area contributed by atoms with Crippen molar-refractivity contribution in [2.24, 2.45) is 35.5 Å². The van der Waals surface area contributed by atoms with Crippen molar-refractivity contribution in [1.29, 1.82) is 0 Å². The smallest absolute Gasteiger partial charge is 0.330 e. The zero-order valence-electron chi connectivity index (χ0n) is 17.6. The number of esters is 2. The van der Waals surface area contributed by atoms with Gasteiger partial charge in [-0.25, -0.2) is 9.59 Å². The van der Waals surface area contributed by atoms with Crippen LogP contribution in [-0.4, -0.2) is 25.2 Å². The number of carbonyl (C=O) groups excluding carboxylic acids is 2. The number of hydrogen-bond donors (Lipinski definition) is 0. The second kappa shape index (κ2) is 12.0. The fraction of sp³-hybridized carbons (Fsp3) is 0.739. The molecule has 0 spiro atoms. The average molecular weight is 379 g/mol. The Morgan fingerprint density at radius 1 is 1.04 bits per heavy atom. The summed E-state index contributed by atoms with van der Waals surface area (Å²) in [6, 6.07) is 0. The second-order valence-electron chi connectivity index (χ2n) is 8.40. The van der Waals surface area contributed by atoms with Crippen LogP contribution in [0, 0.1) is 35.5 Å². The van der Waals surface area contributed by atoms with E-state index in [2.05, 4.69) is 40.9 Å². The molecule has 0 N–H and O–H groups in total. The molecule has 4 heteroatoms. The molecule has 0 radical (unpaired) electrons. The zero-order chi connectivity index (χ0) is 20.4. The largest absolute Gasteiger partial charge is 0.462 e. The zero-order valence-corrected chi connectivity index (χ0v) is 17.6. The SMILES string of the molecule is C=CC(=O)OCC(C)CCC1C(C)CC(CC(C)COC(=O)C=C)C1CC. The van der Waals surface area contributed by atoms with Gasteiger partial charge in [0.25, 0.3) is 0 Å². The van der Waals surface area contributed by atoms with Crippen LogP contribution in [0.3, 0.4) is 0 Å². The fourth-order valence-corrected chi connectivity index (χ4v) is 4.72. The van der Waals surface area contributed by atoms with E-state index in [1.807, 2.05) is 0 Å². The van der Waals surface area contributed by atoms with Gasteiger partial charge in [-0.05, 0) is 61.2 Å². The first-order valence-corrected chi connectivity index (χ1v) is 10.4. The second-order valence-corrected chi connectivity index (χ2v) is 8.40. The number of hydrogen-bond acceptors (Lipinski definition) is 4. The summed E-state index contributed by atoms with van der Waals surface area (Å²) in [5, 5.41) is 0. The topological polar surface area (TPSA) is 52.6 Å². The lowest BCUT2D eigenvalue weighted by Gasteiger charge is -2.27. The molecule has 6 atom stereocenters. The predicted molar refractivity (Wildman–Crippen MR) is 109 cm³/mol. The van der Waals surface area contributed by atoms with Crippen molar-refractivity contribution in [1.82, 2.24) is 0 Å². The minimum atomic E-state index is -0.339. The van der Waals surface area contributed by atoms with Crippen molar-refractivity contribution in [3.63, 3.8) is 0 Å². The molecular weight excluding hydrogens is 340 g/mol. The molecular formula is C23H38O4. The summed E-state index contributed by atoms with van der Waals surface area (Å²) < 4.78 is 10.4. The normalized spacial score (nSPS) is 26.8. The Hall–Kier alpha value is -1.58. The third-order valence-corrected chi connectivity index (χ3v) is 6.08. The summed E-state index contributed by atoms with van der Waals surface area (Å²) in [4.78, 5) is 22.5. The van der Waals surface area contributed by atoms with E-state index in [0.29, 0.717) is 36.9 Å². The van der Waals surface area contributed by atoms with Gasteiger partial charge in [0.15, 0.2) is 0 Å². The summed E-state index contributed by atoms with van der Waals surface area (Å²) in [7, 11) is 0. The maximum absolute atomic E-state index is 11.3. The molecule has 0 aromatic carbocycles. The molecule has 6 unspecified atom stereocenters. The van der Waals surface area contributed by atoms with Crippen LogP contribution in [0.2, 0.25) is 0 Å². The van der Waals surface area contributed by atoms with E-state index in [1.54, 1.807) is 0 Å². The highest BCUT2D eigenvalue weighted by molar-refractivity contribution is 5.81. The lowest BCUT2D eigenvalue weighted by atomic mass is 9.79. The van der Waals surface area contributed by atoms with E-state index in [-0.39, 0.29) is 11.9 Å². The molecule has 1 fully saturated rings. The molecule has 1 saturated carbocycles. The van der Waals surface area contributed by atoms with Crippen molar-refractivity contribution >= 4 is 11.9 Å². The molecule has 4 nitrogen and oxygen atoms in total. The van der Waals surface area contributed by atoms with Gasteiger partial charge in [0.05, 0.1) is 13.2 Å². The number of ether oxygens (including phenoxy) is 2. The Kier molecular flexibility index (Phi) is 10.4. The van der Waals surface area contributed by atoms with Crippen LogP contribution in [0.4, 0.5) is 0 Å². The van der Waals surface area contributed by atoms with E-state index >= 15 is 0 Å². The molecule has 0 bridgehead atoms. The van der Waals surface area contributed by atoms with Gasteiger partial charge in [0, 0.05) is 12.2 Å². The Morgan fingerprint density at radius 2 is 1.59 bits per heavy atom. The lowest BCUT2D eigenvalue weighted by molar-refractivity contribution is -0.140. The summed E-state index contributed by atoms with van der Waals surface area (Å²) in [5.41, 5.74) is 0. The third kappa shape index (κ3) is 7.90. The van der Waals surface area contributed by atoms with Crippen LogP contribution in [0.25, 0.3) is 0 Å². The predicted octanol–water partition coefficient (Wildman–Crippen LogP) is 5.19. The maximum Gasteiger partial charge on any atom is 0.330 e. The molecule has 1 rings (SSSR count). The van der Waals surface area contributed by atoms with Gasteiger partial charge in [-0.3, -0.25) is 0 Å². The molecule has 0 aromatic heterocycles. The Balaban J connectivity index is 2.49. The van der Waals surface area contributed by atoms with Gasteiger partial charge < -0.3 is 9.47 Å². The molecule has 1 aliphatic rings. The molecule has 27 heavy (non-hydrogen) atoms. The summed E-state index contributed by atoms with van der Waals surface area (Å²) in [5.74, 6) is 2.92. The molecule has 0 aliphatic heterocycles. The number of rotatable bonds is 12. The summed E-state index contributed by atoms with van der Waals surface area (Å²) >= 11 is 0. The van der Waals surface area contributed by atoms with Crippen molar-refractivity contribution < 1.29 is 19.1 Å². The van der Waals surface area contributed by atoms with Crippen LogP contribution in [0.1, 0.15) is 59.8 Å². The van der Waals surface area contributed by atoms with Gasteiger partial charge >= 0.3 is 11.9 Å².